The van der Waals surface area contributed by atoms with E-state index in [9.17, 15) is 0 Å². The number of hydrogen-bond donors (Lipinski definition) is 0. The maximum absolute atomic E-state index is 6.22. The molecule has 1 atom stereocenters. The smallest absolute Gasteiger partial charge is 0.128 e. The molecule has 30 heavy (non-hydrogen) atoms. The molecule has 0 saturated carbocycles. The molecule has 0 saturated heterocycles. The Bertz CT molecular complexity index is 1000. The summed E-state index contributed by atoms with van der Waals surface area (Å²) in [6.45, 7) is 13.9. The number of fused-ring (bicyclic) bond motifs is 1. The topological polar surface area (TPSA) is 9.23 Å². The molecule has 1 aliphatic heterocycles. The molecule has 0 amide bonds. The van der Waals surface area contributed by atoms with Crippen molar-refractivity contribution in [1.29, 1.82) is 0 Å². The molecule has 0 aromatic heterocycles. The summed E-state index contributed by atoms with van der Waals surface area (Å²) < 4.78 is 6.22. The Kier molecular flexibility index (Phi) is 6.03. The van der Waals surface area contributed by atoms with Gasteiger partial charge in [-0.05, 0) is 64.9 Å². The quantitative estimate of drug-likeness (QED) is 0.391. The molecule has 3 aromatic carbocycles. The Morgan fingerprint density at radius 1 is 0.733 bits per heavy atom. The number of rotatable bonds is 5. The lowest BCUT2D eigenvalue weighted by Gasteiger charge is -2.25. The van der Waals surface area contributed by atoms with Crippen LogP contribution in [-0.4, -0.2) is 6.35 Å². The molecule has 2 heteroatoms. The van der Waals surface area contributed by atoms with Gasteiger partial charge in [0.1, 0.15) is 12.1 Å². The zero-order valence-corrected chi connectivity index (χ0v) is 20.0. The molecule has 0 radical (unpaired) electrons. The monoisotopic (exact) mass is 416 g/mol. The number of hydrogen-bond acceptors (Lipinski definition) is 1. The first-order chi connectivity index (χ1) is 14.4. The molecule has 0 unspecified atom stereocenters. The second-order valence-electron chi connectivity index (χ2n) is 9.23. The average Bonchev–Trinajstić information content (AvgIpc) is 3.17. The molecule has 0 bridgehead atoms. The third kappa shape index (κ3) is 3.81. The van der Waals surface area contributed by atoms with E-state index >= 15 is 0 Å². The van der Waals surface area contributed by atoms with Gasteiger partial charge in [0, 0.05) is 5.30 Å². The maximum Gasteiger partial charge on any atom is 0.128 e. The minimum Gasteiger partial charge on any atom is -0.488 e. The minimum atomic E-state index is -0.506. The van der Waals surface area contributed by atoms with E-state index in [0.29, 0.717) is 17.8 Å². The third-order valence-electron chi connectivity index (χ3n) is 6.09. The van der Waals surface area contributed by atoms with Gasteiger partial charge in [-0.2, -0.15) is 0 Å². The summed E-state index contributed by atoms with van der Waals surface area (Å²) in [5.74, 6) is 2.54. The van der Waals surface area contributed by atoms with Gasteiger partial charge in [-0.1, -0.05) is 96.1 Å². The number of benzene rings is 3. The van der Waals surface area contributed by atoms with Gasteiger partial charge in [0.05, 0.1) is 0 Å². The highest BCUT2D eigenvalue weighted by Gasteiger charge is 2.31. The lowest BCUT2D eigenvalue weighted by atomic mass is 9.82. The summed E-state index contributed by atoms with van der Waals surface area (Å²) in [5, 5.41) is 2.81. The highest BCUT2D eigenvalue weighted by atomic mass is 31.1. The van der Waals surface area contributed by atoms with Crippen LogP contribution in [-0.2, 0) is 0 Å². The summed E-state index contributed by atoms with van der Waals surface area (Å²) in [5.41, 5.74) is 7.19. The van der Waals surface area contributed by atoms with Gasteiger partial charge in [-0.25, -0.2) is 0 Å². The molecular weight excluding hydrogens is 383 g/mol. The Labute approximate surface area is 183 Å². The first-order valence-electron chi connectivity index (χ1n) is 11.1. The zero-order chi connectivity index (χ0) is 21.4. The fourth-order valence-corrected chi connectivity index (χ4v) is 6.61. The van der Waals surface area contributed by atoms with Crippen molar-refractivity contribution in [3.05, 3.63) is 77.4 Å². The standard InChI is InChI=1S/C28H33OP/c1-18(2)21-15-24(19(3)4)27(25(16-21)20(5)6)23-13-10-14-26-28(23)30(17-29-26)22-11-8-7-9-12-22/h7-16,18-20H,17H2,1-6H3/t30-/m1/s1. The van der Waals surface area contributed by atoms with Crippen molar-refractivity contribution in [1.82, 2.24) is 0 Å². The molecule has 0 spiro atoms. The van der Waals surface area contributed by atoms with E-state index < -0.39 is 7.92 Å². The lowest BCUT2D eigenvalue weighted by molar-refractivity contribution is 0.403. The van der Waals surface area contributed by atoms with Gasteiger partial charge in [-0.3, -0.25) is 0 Å². The van der Waals surface area contributed by atoms with Crippen LogP contribution < -0.4 is 15.3 Å². The normalized spacial score (nSPS) is 15.7. The summed E-state index contributed by atoms with van der Waals surface area (Å²) >= 11 is 0. The Hall–Kier alpha value is -2.11. The van der Waals surface area contributed by atoms with E-state index in [2.05, 4.69) is 102 Å². The summed E-state index contributed by atoms with van der Waals surface area (Å²) in [4.78, 5) is 0. The molecule has 1 nitrogen and oxygen atoms in total. The van der Waals surface area contributed by atoms with Crippen LogP contribution in [0.4, 0.5) is 0 Å². The molecular formula is C28H33OP. The molecule has 3 aromatic rings. The van der Waals surface area contributed by atoms with Crippen molar-refractivity contribution in [3.8, 4) is 16.9 Å². The van der Waals surface area contributed by atoms with Crippen molar-refractivity contribution >= 4 is 18.5 Å². The van der Waals surface area contributed by atoms with Gasteiger partial charge >= 0.3 is 0 Å². The highest BCUT2D eigenvalue weighted by Crippen LogP contribution is 2.48. The molecule has 1 aliphatic rings. The summed E-state index contributed by atoms with van der Waals surface area (Å²) in [6.07, 6.45) is 0.782. The maximum atomic E-state index is 6.22. The predicted octanol–water partition coefficient (Wildman–Crippen LogP) is 7.51. The summed E-state index contributed by atoms with van der Waals surface area (Å²) in [6, 6.07) is 22.5. The minimum absolute atomic E-state index is 0.470. The Morgan fingerprint density at radius 3 is 1.93 bits per heavy atom. The highest BCUT2D eigenvalue weighted by molar-refractivity contribution is 7.73. The van der Waals surface area contributed by atoms with Gasteiger partial charge in [0.15, 0.2) is 0 Å². The average molecular weight is 417 g/mol. The Morgan fingerprint density at radius 2 is 1.37 bits per heavy atom. The second-order valence-corrected chi connectivity index (χ2v) is 11.3. The van der Waals surface area contributed by atoms with Crippen LogP contribution in [0.1, 0.15) is 76.0 Å². The molecule has 0 aliphatic carbocycles. The van der Waals surface area contributed by atoms with Crippen LogP contribution in [0.5, 0.6) is 5.75 Å². The van der Waals surface area contributed by atoms with Crippen LogP contribution in [0.2, 0.25) is 0 Å². The zero-order valence-electron chi connectivity index (χ0n) is 19.1. The molecule has 156 valence electrons. The lowest BCUT2D eigenvalue weighted by Crippen LogP contribution is -2.14. The van der Waals surface area contributed by atoms with Gasteiger partial charge < -0.3 is 4.74 Å². The van der Waals surface area contributed by atoms with Crippen molar-refractivity contribution in [2.75, 3.05) is 6.35 Å². The van der Waals surface area contributed by atoms with E-state index in [0.717, 1.165) is 12.1 Å². The van der Waals surface area contributed by atoms with E-state index in [1.54, 1.807) is 0 Å². The van der Waals surface area contributed by atoms with Crippen molar-refractivity contribution in [2.24, 2.45) is 0 Å². The van der Waals surface area contributed by atoms with Crippen molar-refractivity contribution < 1.29 is 4.74 Å². The molecule has 4 rings (SSSR count). The molecule has 0 fully saturated rings. The van der Waals surface area contributed by atoms with E-state index in [1.807, 2.05) is 0 Å². The second kappa shape index (κ2) is 8.56. The fraction of sp³-hybridized carbons (Fsp3) is 0.357. The van der Waals surface area contributed by atoms with E-state index in [-0.39, 0.29) is 0 Å². The predicted molar refractivity (Wildman–Crippen MR) is 132 cm³/mol. The van der Waals surface area contributed by atoms with Crippen molar-refractivity contribution in [2.45, 2.75) is 59.3 Å². The van der Waals surface area contributed by atoms with Gasteiger partial charge in [0.25, 0.3) is 0 Å². The SMILES string of the molecule is CC(C)c1cc(C(C)C)c(-c2cccc3c2[P@@](c2ccccc2)CO3)c(C(C)C)c1. The fourth-order valence-electron chi connectivity index (χ4n) is 4.40. The first kappa shape index (κ1) is 21.1. The molecule has 1 heterocycles. The summed E-state index contributed by atoms with van der Waals surface area (Å²) in [7, 11) is -0.506. The van der Waals surface area contributed by atoms with Gasteiger partial charge in [0.2, 0.25) is 0 Å². The largest absolute Gasteiger partial charge is 0.488 e. The van der Waals surface area contributed by atoms with Crippen LogP contribution in [0.25, 0.3) is 11.1 Å². The van der Waals surface area contributed by atoms with Crippen LogP contribution >= 0.6 is 7.92 Å². The molecule has 0 N–H and O–H groups in total. The first-order valence-corrected chi connectivity index (χ1v) is 12.7. The van der Waals surface area contributed by atoms with Crippen LogP contribution in [0.15, 0.2) is 60.7 Å². The van der Waals surface area contributed by atoms with Crippen LogP contribution in [0, 0.1) is 0 Å². The van der Waals surface area contributed by atoms with E-state index in [1.165, 1.54) is 38.4 Å². The van der Waals surface area contributed by atoms with Crippen molar-refractivity contribution in [3.63, 3.8) is 0 Å². The van der Waals surface area contributed by atoms with E-state index in [4.69, 9.17) is 4.74 Å². The van der Waals surface area contributed by atoms with Crippen LogP contribution in [0.3, 0.4) is 0 Å². The third-order valence-corrected chi connectivity index (χ3v) is 8.40. The Balaban J connectivity index is 2.00. The van der Waals surface area contributed by atoms with Gasteiger partial charge in [-0.15, -0.1) is 0 Å². The number of ether oxygens (including phenoxy) is 1.